The number of benzene rings is 2. The first-order chi connectivity index (χ1) is 13.1. The van der Waals surface area contributed by atoms with Gasteiger partial charge in [0.05, 0.1) is 5.69 Å². The lowest BCUT2D eigenvalue weighted by Gasteiger charge is -2.35. The maximum Gasteiger partial charge on any atom is 0.207 e. The number of nitrogens with zero attached hydrogens (tertiary/aromatic N) is 1. The molecule has 0 aliphatic carbocycles. The minimum Gasteiger partial charge on any atom is -0.457 e. The molecule has 3 nitrogen and oxygen atoms in total. The fourth-order valence-electron chi connectivity index (χ4n) is 2.94. The standard InChI is InChI=1S/C23H27BrNO2P/c1-16-10-12-20(14-17(16)2)25-28(23(4,5)6,22-13-11-18(3)26-22)27-21-9-7-8-19(24)15-21/h7-15H,1-6H3. The van der Waals surface area contributed by atoms with Crippen LogP contribution in [-0.4, -0.2) is 5.16 Å². The molecule has 0 spiro atoms. The van der Waals surface area contributed by atoms with Crippen LogP contribution >= 0.6 is 23.2 Å². The van der Waals surface area contributed by atoms with Gasteiger partial charge in [-0.15, -0.1) is 0 Å². The number of halogens is 1. The van der Waals surface area contributed by atoms with Crippen molar-refractivity contribution >= 4 is 34.4 Å². The van der Waals surface area contributed by atoms with E-state index in [0.29, 0.717) is 0 Å². The molecule has 3 aromatic rings. The second kappa shape index (κ2) is 7.93. The van der Waals surface area contributed by atoms with Crippen molar-refractivity contribution in [3.05, 3.63) is 76.0 Å². The first kappa shape index (κ1) is 21.0. The fraction of sp³-hybridized carbons (Fsp3) is 0.304. The summed E-state index contributed by atoms with van der Waals surface area (Å²) in [5, 5.41) is -0.265. The summed E-state index contributed by atoms with van der Waals surface area (Å²) in [6.07, 6.45) is 0. The molecule has 0 amide bonds. The summed E-state index contributed by atoms with van der Waals surface area (Å²) in [4.78, 5) is 0. The smallest absolute Gasteiger partial charge is 0.207 e. The molecule has 1 unspecified atom stereocenters. The van der Waals surface area contributed by atoms with Gasteiger partial charge < -0.3 is 8.94 Å². The lowest BCUT2D eigenvalue weighted by Crippen LogP contribution is -2.26. The van der Waals surface area contributed by atoms with Crippen molar-refractivity contribution in [2.75, 3.05) is 0 Å². The summed E-state index contributed by atoms with van der Waals surface area (Å²) in [5.74, 6) is 1.64. The molecule has 0 radical (unpaired) electrons. The van der Waals surface area contributed by atoms with E-state index in [0.717, 1.165) is 27.2 Å². The Balaban J connectivity index is 2.29. The summed E-state index contributed by atoms with van der Waals surface area (Å²) in [5.41, 5.74) is 4.18. The Kier molecular flexibility index (Phi) is 5.93. The van der Waals surface area contributed by atoms with Gasteiger partial charge in [0.1, 0.15) is 11.5 Å². The number of hydrogen-bond donors (Lipinski definition) is 0. The van der Waals surface area contributed by atoms with Gasteiger partial charge in [0, 0.05) is 9.63 Å². The molecule has 0 saturated carbocycles. The van der Waals surface area contributed by atoms with Gasteiger partial charge in [-0.3, -0.25) is 0 Å². The molecular formula is C23H27BrNO2P. The third-order valence-corrected chi connectivity index (χ3v) is 8.85. The monoisotopic (exact) mass is 459 g/mol. The van der Waals surface area contributed by atoms with Gasteiger partial charge in [-0.2, -0.15) is 0 Å². The van der Waals surface area contributed by atoms with E-state index in [4.69, 9.17) is 13.7 Å². The average Bonchev–Trinajstić information content (AvgIpc) is 3.03. The van der Waals surface area contributed by atoms with Gasteiger partial charge in [0.2, 0.25) is 7.28 Å². The zero-order valence-electron chi connectivity index (χ0n) is 17.3. The second-order valence-electron chi connectivity index (χ2n) is 8.05. The maximum atomic E-state index is 6.74. The molecule has 28 heavy (non-hydrogen) atoms. The third kappa shape index (κ3) is 4.29. The molecule has 0 bridgehead atoms. The van der Waals surface area contributed by atoms with E-state index in [2.05, 4.69) is 68.7 Å². The van der Waals surface area contributed by atoms with Crippen LogP contribution in [-0.2, 0) is 0 Å². The third-order valence-electron chi connectivity index (χ3n) is 4.71. The molecule has 0 N–H and O–H groups in total. The van der Waals surface area contributed by atoms with Crippen LogP contribution in [0.4, 0.5) is 5.69 Å². The molecule has 148 valence electrons. The summed E-state index contributed by atoms with van der Waals surface area (Å²) in [6, 6.07) is 18.2. The van der Waals surface area contributed by atoms with Gasteiger partial charge in [-0.1, -0.05) is 48.8 Å². The van der Waals surface area contributed by atoms with E-state index in [-0.39, 0.29) is 5.16 Å². The minimum atomic E-state index is -2.57. The van der Waals surface area contributed by atoms with E-state index in [1.165, 1.54) is 11.1 Å². The highest BCUT2D eigenvalue weighted by Gasteiger charge is 2.41. The molecule has 0 saturated heterocycles. The molecule has 5 heteroatoms. The Bertz CT molecular complexity index is 1050. The molecule has 3 rings (SSSR count). The van der Waals surface area contributed by atoms with Crippen molar-refractivity contribution < 1.29 is 8.94 Å². The van der Waals surface area contributed by atoms with Crippen molar-refractivity contribution in [2.24, 2.45) is 4.74 Å². The van der Waals surface area contributed by atoms with Crippen molar-refractivity contribution in [3.63, 3.8) is 0 Å². The van der Waals surface area contributed by atoms with Crippen LogP contribution in [0.25, 0.3) is 0 Å². The first-order valence-corrected chi connectivity index (χ1v) is 11.8. The summed E-state index contributed by atoms with van der Waals surface area (Å²) >= 11 is 3.54. The minimum absolute atomic E-state index is 0.265. The van der Waals surface area contributed by atoms with Gasteiger partial charge >= 0.3 is 0 Å². The molecule has 0 fully saturated rings. The highest BCUT2D eigenvalue weighted by Crippen LogP contribution is 2.62. The molecule has 1 heterocycles. The van der Waals surface area contributed by atoms with Crippen LogP contribution in [0.15, 0.2) is 68.2 Å². The van der Waals surface area contributed by atoms with Crippen molar-refractivity contribution in [1.29, 1.82) is 0 Å². The normalized spacial score (nSPS) is 13.8. The summed E-state index contributed by atoms with van der Waals surface area (Å²) < 4.78 is 19.1. The SMILES string of the molecule is Cc1ccc(P(=Nc2ccc(C)c(C)c2)(Oc2cccc(Br)c2)C(C)(C)C)o1. The van der Waals surface area contributed by atoms with Crippen LogP contribution in [0.1, 0.15) is 37.7 Å². The lowest BCUT2D eigenvalue weighted by atomic mass is 10.1. The van der Waals surface area contributed by atoms with Crippen LogP contribution in [0.2, 0.25) is 0 Å². The van der Waals surface area contributed by atoms with Gasteiger partial charge in [0.15, 0.2) is 5.50 Å². The van der Waals surface area contributed by atoms with Crippen LogP contribution < -0.4 is 10.0 Å². The van der Waals surface area contributed by atoms with Crippen molar-refractivity contribution in [3.8, 4) is 5.75 Å². The first-order valence-electron chi connectivity index (χ1n) is 9.32. The second-order valence-corrected chi connectivity index (χ2v) is 12.3. The average molecular weight is 460 g/mol. The fourth-order valence-corrected chi connectivity index (χ4v) is 6.20. The van der Waals surface area contributed by atoms with E-state index in [1.54, 1.807) is 0 Å². The molecule has 0 aliphatic heterocycles. The van der Waals surface area contributed by atoms with Gasteiger partial charge in [-0.25, -0.2) is 4.74 Å². The Morgan fingerprint density at radius 2 is 1.68 bits per heavy atom. The molecule has 1 aromatic heterocycles. The van der Waals surface area contributed by atoms with Gasteiger partial charge in [0.25, 0.3) is 0 Å². The van der Waals surface area contributed by atoms with Crippen LogP contribution in [0, 0.1) is 20.8 Å². The number of aryl methyl sites for hydroxylation is 3. The molecular weight excluding hydrogens is 433 g/mol. The quantitative estimate of drug-likeness (QED) is 0.371. The lowest BCUT2D eigenvalue weighted by molar-refractivity contribution is 0.527. The number of furan rings is 1. The van der Waals surface area contributed by atoms with E-state index < -0.39 is 7.28 Å². The Hall–Kier alpha value is -1.77. The Morgan fingerprint density at radius 1 is 0.929 bits per heavy atom. The molecule has 2 aromatic carbocycles. The Morgan fingerprint density at radius 3 is 2.25 bits per heavy atom. The summed E-state index contributed by atoms with van der Waals surface area (Å²) in [6.45, 7) is 12.7. The highest BCUT2D eigenvalue weighted by atomic mass is 79.9. The number of hydrogen-bond acceptors (Lipinski definition) is 3. The van der Waals surface area contributed by atoms with E-state index >= 15 is 0 Å². The zero-order valence-corrected chi connectivity index (χ0v) is 19.8. The van der Waals surface area contributed by atoms with Crippen molar-refractivity contribution in [2.45, 2.75) is 46.7 Å². The maximum absolute atomic E-state index is 6.74. The number of rotatable bonds is 4. The summed E-state index contributed by atoms with van der Waals surface area (Å²) in [7, 11) is -2.57. The van der Waals surface area contributed by atoms with E-state index in [9.17, 15) is 0 Å². The van der Waals surface area contributed by atoms with Crippen LogP contribution in [0.3, 0.4) is 0 Å². The highest BCUT2D eigenvalue weighted by molar-refractivity contribution is 9.10. The Labute approximate surface area is 176 Å². The largest absolute Gasteiger partial charge is 0.457 e. The van der Waals surface area contributed by atoms with E-state index in [1.807, 2.05) is 43.3 Å². The molecule has 0 aliphatic rings. The zero-order chi connectivity index (χ0) is 20.5. The predicted molar refractivity (Wildman–Crippen MR) is 123 cm³/mol. The molecule has 1 atom stereocenters. The van der Waals surface area contributed by atoms with Gasteiger partial charge in [-0.05, 0) is 74.4 Å². The predicted octanol–water partition coefficient (Wildman–Crippen LogP) is 7.92. The van der Waals surface area contributed by atoms with Crippen LogP contribution in [0.5, 0.6) is 5.75 Å². The van der Waals surface area contributed by atoms with Crippen molar-refractivity contribution in [1.82, 2.24) is 0 Å². The topological polar surface area (TPSA) is 34.7 Å².